The van der Waals surface area contributed by atoms with Crippen LogP contribution in [0.3, 0.4) is 0 Å². The zero-order chi connectivity index (χ0) is 10.1. The van der Waals surface area contributed by atoms with Crippen LogP contribution in [0.2, 0.25) is 0 Å². The van der Waals surface area contributed by atoms with Crippen LogP contribution in [0, 0.1) is 0 Å². The van der Waals surface area contributed by atoms with Gasteiger partial charge in [-0.3, -0.25) is 0 Å². The van der Waals surface area contributed by atoms with Gasteiger partial charge in [-0.25, -0.2) is 0 Å². The Morgan fingerprint density at radius 3 is 2.14 bits per heavy atom. The first-order chi connectivity index (χ1) is 6.74. The Hall–Kier alpha value is 0.610. The normalized spacial score (nSPS) is 29.6. The number of alkyl halides is 1. The van der Waals surface area contributed by atoms with Crippen LogP contribution in [0.1, 0.15) is 25.7 Å². The van der Waals surface area contributed by atoms with Crippen LogP contribution in [0.4, 0.5) is 0 Å². The summed E-state index contributed by atoms with van der Waals surface area (Å²) in [6, 6.07) is 0. The Balaban J connectivity index is 1.96. The van der Waals surface area contributed by atoms with Crippen molar-refractivity contribution in [3.63, 3.8) is 0 Å². The first-order valence-corrected chi connectivity index (χ1v) is 6.66. The van der Waals surface area contributed by atoms with Crippen LogP contribution in [-0.2, 0) is 14.2 Å². The summed E-state index contributed by atoms with van der Waals surface area (Å²) in [6.45, 7) is 1.51. The first-order valence-electron chi connectivity index (χ1n) is 5.13. The van der Waals surface area contributed by atoms with Crippen molar-refractivity contribution in [1.29, 1.82) is 0 Å². The molecule has 1 heterocycles. The Bertz CT molecular complexity index is 180. The monoisotopic (exact) mass is 312 g/mol. The summed E-state index contributed by atoms with van der Waals surface area (Å²) >= 11 is 2.40. The molecule has 0 radical (unpaired) electrons. The molecule has 1 aliphatic carbocycles. The number of methoxy groups -OCH3 is 1. The standard InChI is InChI=1S/C10H17IO3/c1-12-9(8-11)2-4-10(5-3-9)13-6-7-14-10/h2-8H2,1H3. The summed E-state index contributed by atoms with van der Waals surface area (Å²) in [4.78, 5) is 0. The molecule has 0 amide bonds. The molecule has 1 spiro atoms. The van der Waals surface area contributed by atoms with Gasteiger partial charge in [-0.2, -0.15) is 0 Å². The van der Waals surface area contributed by atoms with E-state index in [0.717, 1.165) is 43.3 Å². The summed E-state index contributed by atoms with van der Waals surface area (Å²) in [7, 11) is 1.81. The Labute approximate surface area is 98.6 Å². The molecular formula is C10H17IO3. The Morgan fingerprint density at radius 1 is 1.14 bits per heavy atom. The third-order valence-electron chi connectivity index (χ3n) is 3.41. The van der Waals surface area contributed by atoms with Crippen LogP contribution >= 0.6 is 22.6 Å². The van der Waals surface area contributed by atoms with E-state index in [4.69, 9.17) is 14.2 Å². The summed E-state index contributed by atoms with van der Waals surface area (Å²) in [5.41, 5.74) is 0.0706. The lowest BCUT2D eigenvalue weighted by Gasteiger charge is -2.41. The van der Waals surface area contributed by atoms with E-state index in [1.807, 2.05) is 7.11 Å². The topological polar surface area (TPSA) is 27.7 Å². The third kappa shape index (κ3) is 1.94. The lowest BCUT2D eigenvalue weighted by Crippen LogP contribution is -2.45. The minimum Gasteiger partial charge on any atom is -0.377 e. The van der Waals surface area contributed by atoms with Gasteiger partial charge in [0, 0.05) is 24.4 Å². The van der Waals surface area contributed by atoms with Crippen molar-refractivity contribution >= 4 is 22.6 Å². The van der Waals surface area contributed by atoms with E-state index in [2.05, 4.69) is 22.6 Å². The second-order valence-corrected chi connectivity index (χ2v) is 4.89. The van der Waals surface area contributed by atoms with Crippen molar-refractivity contribution < 1.29 is 14.2 Å². The van der Waals surface area contributed by atoms with Crippen molar-refractivity contribution in [2.45, 2.75) is 37.1 Å². The Kier molecular flexibility index (Phi) is 3.36. The molecule has 0 aromatic rings. The predicted octanol–water partition coefficient (Wildman–Crippen LogP) is 2.12. The summed E-state index contributed by atoms with van der Waals surface area (Å²) < 4.78 is 18.0. The zero-order valence-electron chi connectivity index (χ0n) is 8.55. The molecule has 4 heteroatoms. The van der Waals surface area contributed by atoms with E-state index in [1.54, 1.807) is 0 Å². The van der Waals surface area contributed by atoms with Crippen LogP contribution in [-0.4, -0.2) is 36.1 Å². The molecule has 0 atom stereocenters. The minimum absolute atomic E-state index is 0.0706. The summed E-state index contributed by atoms with van der Waals surface area (Å²) in [5, 5.41) is 0. The number of rotatable bonds is 2. The molecule has 14 heavy (non-hydrogen) atoms. The fourth-order valence-electron chi connectivity index (χ4n) is 2.26. The van der Waals surface area contributed by atoms with Crippen molar-refractivity contribution in [3.8, 4) is 0 Å². The van der Waals surface area contributed by atoms with E-state index in [0.29, 0.717) is 0 Å². The van der Waals surface area contributed by atoms with Crippen molar-refractivity contribution in [1.82, 2.24) is 0 Å². The third-order valence-corrected chi connectivity index (χ3v) is 4.80. The molecule has 0 bridgehead atoms. The maximum atomic E-state index is 5.68. The van der Waals surface area contributed by atoms with Crippen molar-refractivity contribution in [3.05, 3.63) is 0 Å². The first kappa shape index (κ1) is 11.1. The molecule has 2 fully saturated rings. The number of hydrogen-bond acceptors (Lipinski definition) is 3. The lowest BCUT2D eigenvalue weighted by atomic mass is 9.82. The van der Waals surface area contributed by atoms with Crippen LogP contribution in [0.25, 0.3) is 0 Å². The second kappa shape index (κ2) is 4.23. The molecule has 0 unspecified atom stereocenters. The molecule has 1 aliphatic heterocycles. The van der Waals surface area contributed by atoms with Crippen molar-refractivity contribution in [2.75, 3.05) is 24.8 Å². The molecule has 2 aliphatic rings. The number of ether oxygens (including phenoxy) is 3. The van der Waals surface area contributed by atoms with Crippen molar-refractivity contribution in [2.24, 2.45) is 0 Å². The lowest BCUT2D eigenvalue weighted by molar-refractivity contribution is -0.202. The zero-order valence-corrected chi connectivity index (χ0v) is 10.7. The maximum absolute atomic E-state index is 5.68. The van der Waals surface area contributed by atoms with E-state index >= 15 is 0 Å². The van der Waals surface area contributed by atoms with Gasteiger partial charge in [-0.1, -0.05) is 22.6 Å². The van der Waals surface area contributed by atoms with Crippen LogP contribution in [0.15, 0.2) is 0 Å². The van der Waals surface area contributed by atoms with Gasteiger partial charge in [0.1, 0.15) is 0 Å². The van der Waals surface area contributed by atoms with Crippen LogP contribution < -0.4 is 0 Å². The molecule has 1 saturated heterocycles. The van der Waals surface area contributed by atoms with Gasteiger partial charge >= 0.3 is 0 Å². The molecule has 1 saturated carbocycles. The van der Waals surface area contributed by atoms with Gasteiger partial charge in [0.25, 0.3) is 0 Å². The quantitative estimate of drug-likeness (QED) is 0.577. The molecule has 82 valence electrons. The van der Waals surface area contributed by atoms with Gasteiger partial charge in [0.15, 0.2) is 5.79 Å². The fourth-order valence-corrected chi connectivity index (χ4v) is 3.34. The fraction of sp³-hybridized carbons (Fsp3) is 1.00. The second-order valence-electron chi connectivity index (χ2n) is 4.13. The van der Waals surface area contributed by atoms with Gasteiger partial charge < -0.3 is 14.2 Å². The highest BCUT2D eigenvalue weighted by Gasteiger charge is 2.45. The average molecular weight is 312 g/mol. The SMILES string of the molecule is COC1(CI)CCC2(CC1)OCCO2. The molecule has 0 N–H and O–H groups in total. The molecule has 2 rings (SSSR count). The minimum atomic E-state index is -0.256. The van der Waals surface area contributed by atoms with E-state index < -0.39 is 0 Å². The highest BCUT2D eigenvalue weighted by Crippen LogP contribution is 2.42. The molecular weight excluding hydrogens is 295 g/mol. The largest absolute Gasteiger partial charge is 0.377 e. The van der Waals surface area contributed by atoms with Gasteiger partial charge in [0.05, 0.1) is 18.8 Å². The highest BCUT2D eigenvalue weighted by molar-refractivity contribution is 14.1. The molecule has 3 nitrogen and oxygen atoms in total. The molecule has 0 aromatic carbocycles. The smallest absolute Gasteiger partial charge is 0.168 e. The van der Waals surface area contributed by atoms with Crippen LogP contribution in [0.5, 0.6) is 0 Å². The van der Waals surface area contributed by atoms with Gasteiger partial charge in [0.2, 0.25) is 0 Å². The summed E-state index contributed by atoms with van der Waals surface area (Å²) in [5.74, 6) is -0.256. The number of halogens is 1. The average Bonchev–Trinajstić information content (AvgIpc) is 2.69. The predicted molar refractivity (Wildman–Crippen MR) is 61.7 cm³/mol. The van der Waals surface area contributed by atoms with Gasteiger partial charge in [-0.05, 0) is 12.8 Å². The Morgan fingerprint density at radius 2 is 1.71 bits per heavy atom. The van der Waals surface area contributed by atoms with Gasteiger partial charge in [-0.15, -0.1) is 0 Å². The maximum Gasteiger partial charge on any atom is 0.168 e. The van der Waals surface area contributed by atoms with E-state index in [1.165, 1.54) is 0 Å². The highest BCUT2D eigenvalue weighted by atomic mass is 127. The van der Waals surface area contributed by atoms with E-state index in [9.17, 15) is 0 Å². The number of hydrogen-bond donors (Lipinski definition) is 0. The molecule has 0 aromatic heterocycles. The summed E-state index contributed by atoms with van der Waals surface area (Å²) in [6.07, 6.45) is 4.05. The van der Waals surface area contributed by atoms with E-state index in [-0.39, 0.29) is 11.4 Å².